The van der Waals surface area contributed by atoms with Gasteiger partial charge in [0.2, 0.25) is 0 Å². The van der Waals surface area contributed by atoms with E-state index in [0.29, 0.717) is 12.1 Å². The Bertz CT molecular complexity index is 474. The molecule has 0 aliphatic heterocycles. The molecule has 1 aromatic carbocycles. The van der Waals surface area contributed by atoms with Gasteiger partial charge in [-0.05, 0) is 31.2 Å². The summed E-state index contributed by atoms with van der Waals surface area (Å²) in [5.41, 5.74) is -1.23. The molecule has 1 aromatic rings. The van der Waals surface area contributed by atoms with Gasteiger partial charge in [0.15, 0.2) is 0 Å². The number of hydrogen-bond donors (Lipinski definition) is 1. The summed E-state index contributed by atoms with van der Waals surface area (Å²) in [5.74, 6) is -0.481. The molecule has 1 N–H and O–H groups in total. The number of ether oxygens (including phenoxy) is 1. The van der Waals surface area contributed by atoms with Crippen LogP contribution in [0.3, 0.4) is 0 Å². The molecule has 0 aliphatic carbocycles. The molecule has 112 valence electrons. The topological polar surface area (TPSA) is 38.3 Å². The molecule has 6 heteroatoms. The molecule has 0 heterocycles. The quantitative estimate of drug-likeness (QED) is 0.847. The summed E-state index contributed by atoms with van der Waals surface area (Å²) in [6.45, 7) is 4.02. The van der Waals surface area contributed by atoms with E-state index in [4.69, 9.17) is 0 Å². The lowest BCUT2D eigenvalue weighted by Crippen LogP contribution is -2.41. The monoisotopic (exact) mass is 289 g/mol. The van der Waals surface area contributed by atoms with Crippen molar-refractivity contribution in [1.82, 2.24) is 5.32 Å². The standard InChI is InChI=1S/C14H18F3NO2/c1-4-18-13(2,9-12(19)20-3)10-6-5-7-11(8-10)14(15,16)17/h5-8,18H,4,9H2,1-3H3. The zero-order valence-electron chi connectivity index (χ0n) is 11.7. The van der Waals surface area contributed by atoms with Gasteiger partial charge in [-0.2, -0.15) is 13.2 Å². The molecule has 0 spiro atoms. The maximum absolute atomic E-state index is 12.8. The lowest BCUT2D eigenvalue weighted by atomic mass is 9.87. The molecule has 0 aromatic heterocycles. The summed E-state index contributed by atoms with van der Waals surface area (Å²) in [6, 6.07) is 4.98. The highest BCUT2D eigenvalue weighted by Gasteiger charge is 2.34. The van der Waals surface area contributed by atoms with Crippen LogP contribution in [0.15, 0.2) is 24.3 Å². The predicted molar refractivity (Wildman–Crippen MR) is 69.1 cm³/mol. The van der Waals surface area contributed by atoms with E-state index in [9.17, 15) is 18.0 Å². The van der Waals surface area contributed by atoms with Gasteiger partial charge in [-0.25, -0.2) is 0 Å². The van der Waals surface area contributed by atoms with Crippen molar-refractivity contribution in [3.63, 3.8) is 0 Å². The Morgan fingerprint density at radius 3 is 2.40 bits per heavy atom. The Morgan fingerprint density at radius 2 is 1.90 bits per heavy atom. The summed E-state index contributed by atoms with van der Waals surface area (Å²) in [4.78, 5) is 11.5. The third kappa shape index (κ3) is 3.96. The predicted octanol–water partition coefficient (Wildman–Crippen LogP) is 3.09. The average molecular weight is 289 g/mol. The molecule has 0 radical (unpaired) electrons. The molecule has 0 aliphatic rings. The lowest BCUT2D eigenvalue weighted by Gasteiger charge is -2.30. The van der Waals surface area contributed by atoms with Crippen LogP contribution in [0.2, 0.25) is 0 Å². The fourth-order valence-electron chi connectivity index (χ4n) is 2.06. The van der Waals surface area contributed by atoms with Crippen molar-refractivity contribution in [3.05, 3.63) is 35.4 Å². The number of carbonyl (C=O) groups is 1. The normalized spacial score (nSPS) is 14.7. The van der Waals surface area contributed by atoms with Gasteiger partial charge in [-0.3, -0.25) is 4.79 Å². The van der Waals surface area contributed by atoms with Gasteiger partial charge in [0, 0.05) is 0 Å². The van der Waals surface area contributed by atoms with E-state index in [1.54, 1.807) is 13.0 Å². The number of alkyl halides is 3. The minimum atomic E-state index is -4.41. The first-order chi connectivity index (χ1) is 9.23. The van der Waals surface area contributed by atoms with Gasteiger partial charge in [0.1, 0.15) is 0 Å². The van der Waals surface area contributed by atoms with Crippen LogP contribution in [0.5, 0.6) is 0 Å². The van der Waals surface area contributed by atoms with Crippen LogP contribution in [0.1, 0.15) is 31.4 Å². The molecule has 1 unspecified atom stereocenters. The van der Waals surface area contributed by atoms with Gasteiger partial charge in [0.05, 0.1) is 24.6 Å². The fraction of sp³-hybridized carbons (Fsp3) is 0.500. The van der Waals surface area contributed by atoms with Gasteiger partial charge < -0.3 is 10.1 Å². The minimum absolute atomic E-state index is 0.0430. The van der Waals surface area contributed by atoms with E-state index in [1.807, 2.05) is 6.92 Å². The van der Waals surface area contributed by atoms with E-state index in [2.05, 4.69) is 10.1 Å². The number of rotatable bonds is 5. The van der Waals surface area contributed by atoms with Crippen molar-refractivity contribution in [2.45, 2.75) is 32.0 Å². The minimum Gasteiger partial charge on any atom is -0.469 e. The van der Waals surface area contributed by atoms with Crippen molar-refractivity contribution in [3.8, 4) is 0 Å². The van der Waals surface area contributed by atoms with Crippen LogP contribution in [0.4, 0.5) is 13.2 Å². The van der Waals surface area contributed by atoms with Crippen molar-refractivity contribution in [1.29, 1.82) is 0 Å². The Hall–Kier alpha value is -1.56. The van der Waals surface area contributed by atoms with Crippen LogP contribution in [0, 0.1) is 0 Å². The zero-order valence-corrected chi connectivity index (χ0v) is 11.7. The summed E-state index contributed by atoms with van der Waals surface area (Å²) >= 11 is 0. The Labute approximate surface area is 116 Å². The second-order valence-electron chi connectivity index (χ2n) is 4.69. The summed E-state index contributed by atoms with van der Waals surface area (Å²) < 4.78 is 42.9. The third-order valence-corrected chi connectivity index (χ3v) is 3.12. The molecule has 1 rings (SSSR count). The maximum Gasteiger partial charge on any atom is 0.416 e. The molecular formula is C14H18F3NO2. The highest BCUT2D eigenvalue weighted by Crippen LogP contribution is 2.33. The van der Waals surface area contributed by atoms with Gasteiger partial charge in [0.25, 0.3) is 0 Å². The van der Waals surface area contributed by atoms with Crippen LogP contribution < -0.4 is 5.32 Å². The number of methoxy groups -OCH3 is 1. The number of nitrogens with one attached hydrogen (secondary N) is 1. The highest BCUT2D eigenvalue weighted by molar-refractivity contribution is 5.71. The average Bonchev–Trinajstić information content (AvgIpc) is 2.38. The van der Waals surface area contributed by atoms with E-state index < -0.39 is 23.2 Å². The lowest BCUT2D eigenvalue weighted by molar-refractivity contribution is -0.142. The van der Waals surface area contributed by atoms with Gasteiger partial charge in [-0.15, -0.1) is 0 Å². The van der Waals surface area contributed by atoms with Crippen molar-refractivity contribution in [2.24, 2.45) is 0 Å². The SMILES string of the molecule is CCNC(C)(CC(=O)OC)c1cccc(C(F)(F)F)c1. The molecule has 0 fully saturated rings. The van der Waals surface area contributed by atoms with Crippen LogP contribution in [-0.4, -0.2) is 19.6 Å². The van der Waals surface area contributed by atoms with Gasteiger partial charge >= 0.3 is 12.1 Å². The largest absolute Gasteiger partial charge is 0.469 e. The van der Waals surface area contributed by atoms with Crippen molar-refractivity contribution >= 4 is 5.97 Å². The number of hydrogen-bond acceptors (Lipinski definition) is 3. The molecule has 3 nitrogen and oxygen atoms in total. The molecule has 20 heavy (non-hydrogen) atoms. The maximum atomic E-state index is 12.8. The Balaban J connectivity index is 3.18. The van der Waals surface area contributed by atoms with E-state index in [0.717, 1.165) is 12.1 Å². The second-order valence-corrected chi connectivity index (χ2v) is 4.69. The molecule has 0 saturated carbocycles. The second kappa shape index (κ2) is 6.26. The van der Waals surface area contributed by atoms with E-state index in [-0.39, 0.29) is 6.42 Å². The molecule has 1 atom stereocenters. The Kier molecular flexibility index (Phi) is 5.16. The van der Waals surface area contributed by atoms with Crippen molar-refractivity contribution < 1.29 is 22.7 Å². The first-order valence-corrected chi connectivity index (χ1v) is 6.22. The van der Waals surface area contributed by atoms with Crippen LogP contribution in [-0.2, 0) is 21.2 Å². The van der Waals surface area contributed by atoms with Crippen LogP contribution in [0.25, 0.3) is 0 Å². The summed E-state index contributed by atoms with van der Waals surface area (Å²) in [6.07, 6.45) is -4.45. The number of benzene rings is 1. The fourth-order valence-corrected chi connectivity index (χ4v) is 2.06. The van der Waals surface area contributed by atoms with E-state index >= 15 is 0 Å². The highest BCUT2D eigenvalue weighted by atomic mass is 19.4. The number of halogens is 3. The van der Waals surface area contributed by atoms with Gasteiger partial charge in [-0.1, -0.05) is 19.1 Å². The summed E-state index contributed by atoms with van der Waals surface area (Å²) in [7, 11) is 1.25. The Morgan fingerprint density at radius 1 is 1.30 bits per heavy atom. The molecule has 0 amide bonds. The smallest absolute Gasteiger partial charge is 0.416 e. The summed E-state index contributed by atoms with van der Waals surface area (Å²) in [5, 5.41) is 3.05. The number of carbonyl (C=O) groups excluding carboxylic acids is 1. The van der Waals surface area contributed by atoms with Crippen LogP contribution >= 0.6 is 0 Å². The zero-order chi connectivity index (χ0) is 15.4. The first kappa shape index (κ1) is 16.5. The third-order valence-electron chi connectivity index (χ3n) is 3.12. The van der Waals surface area contributed by atoms with Crippen molar-refractivity contribution in [2.75, 3.05) is 13.7 Å². The first-order valence-electron chi connectivity index (χ1n) is 6.22. The van der Waals surface area contributed by atoms with E-state index in [1.165, 1.54) is 13.2 Å². The molecular weight excluding hydrogens is 271 g/mol. The number of esters is 1. The molecule has 0 bridgehead atoms. The molecule has 0 saturated heterocycles.